The summed E-state index contributed by atoms with van der Waals surface area (Å²) in [4.78, 5) is 3.98. The molecule has 1 aromatic carbocycles. The van der Waals surface area contributed by atoms with E-state index in [-0.39, 0.29) is 0 Å². The van der Waals surface area contributed by atoms with Crippen molar-refractivity contribution in [2.75, 3.05) is 0 Å². The number of nitriles is 1. The number of nitrogens with zero attached hydrogens (tertiary/aromatic N) is 3. The van der Waals surface area contributed by atoms with Crippen LogP contribution in [0.4, 0.5) is 0 Å². The van der Waals surface area contributed by atoms with E-state index >= 15 is 0 Å². The van der Waals surface area contributed by atoms with Crippen LogP contribution in [0.5, 0.6) is 0 Å². The van der Waals surface area contributed by atoms with Crippen LogP contribution >= 0.6 is 0 Å². The van der Waals surface area contributed by atoms with Crippen LogP contribution in [0.3, 0.4) is 0 Å². The van der Waals surface area contributed by atoms with Gasteiger partial charge in [-0.2, -0.15) is 5.26 Å². The van der Waals surface area contributed by atoms with E-state index in [0.717, 1.165) is 5.69 Å². The lowest BCUT2D eigenvalue weighted by Gasteiger charge is -2.06. The quantitative estimate of drug-likeness (QED) is 0.704. The molecule has 0 spiro atoms. The Balaban J connectivity index is 2.54. The van der Waals surface area contributed by atoms with Gasteiger partial charge in [0.15, 0.2) is 5.69 Å². The van der Waals surface area contributed by atoms with Crippen molar-refractivity contribution in [3.05, 3.63) is 47.5 Å². The number of hydrogen-bond acceptors (Lipinski definition) is 2. The number of aryl methyl sites for hydroxylation is 2. The average molecular weight is 197 g/mol. The number of rotatable bonds is 1. The van der Waals surface area contributed by atoms with Crippen LogP contribution in [0.15, 0.2) is 30.7 Å². The van der Waals surface area contributed by atoms with Gasteiger partial charge in [0.25, 0.3) is 0 Å². The minimum Gasteiger partial charge on any atom is -0.305 e. The predicted molar refractivity (Wildman–Crippen MR) is 57.8 cm³/mol. The minimum atomic E-state index is 0.441. The van der Waals surface area contributed by atoms with Gasteiger partial charge in [-0.05, 0) is 31.0 Å². The van der Waals surface area contributed by atoms with Crippen molar-refractivity contribution < 1.29 is 0 Å². The van der Waals surface area contributed by atoms with Gasteiger partial charge in [-0.15, -0.1) is 0 Å². The molecule has 0 aliphatic rings. The predicted octanol–water partition coefficient (Wildman–Crippen LogP) is 2.36. The van der Waals surface area contributed by atoms with Crippen LogP contribution in [0.25, 0.3) is 5.69 Å². The maximum atomic E-state index is 8.70. The second-order valence-electron chi connectivity index (χ2n) is 3.57. The van der Waals surface area contributed by atoms with Gasteiger partial charge in [0.2, 0.25) is 0 Å². The Morgan fingerprint density at radius 2 is 2.13 bits per heavy atom. The number of imidazole rings is 1. The van der Waals surface area contributed by atoms with E-state index in [2.05, 4.69) is 23.2 Å². The Hall–Kier alpha value is -2.08. The molecule has 0 fully saturated rings. The highest BCUT2D eigenvalue weighted by molar-refractivity contribution is 5.43. The van der Waals surface area contributed by atoms with Gasteiger partial charge in [-0.25, -0.2) is 4.98 Å². The molecule has 0 aliphatic carbocycles. The van der Waals surface area contributed by atoms with E-state index in [0.29, 0.717) is 5.69 Å². The normalized spacial score (nSPS) is 9.93. The van der Waals surface area contributed by atoms with Crippen LogP contribution in [0.2, 0.25) is 0 Å². The zero-order chi connectivity index (χ0) is 10.8. The fraction of sp³-hybridized carbons (Fsp3) is 0.167. The van der Waals surface area contributed by atoms with Gasteiger partial charge >= 0.3 is 0 Å². The van der Waals surface area contributed by atoms with Crippen LogP contribution in [0, 0.1) is 25.2 Å². The second kappa shape index (κ2) is 3.58. The molecule has 0 saturated carbocycles. The first kappa shape index (κ1) is 9.47. The molecule has 74 valence electrons. The SMILES string of the molecule is Cc1ccc(C)c(-n2cnc(C#N)c2)c1. The van der Waals surface area contributed by atoms with Gasteiger partial charge in [0.1, 0.15) is 12.4 Å². The van der Waals surface area contributed by atoms with Gasteiger partial charge in [-0.3, -0.25) is 0 Å². The zero-order valence-electron chi connectivity index (χ0n) is 8.73. The topological polar surface area (TPSA) is 41.6 Å². The average Bonchev–Trinajstić information content (AvgIpc) is 2.70. The summed E-state index contributed by atoms with van der Waals surface area (Å²) in [7, 11) is 0. The lowest BCUT2D eigenvalue weighted by Crippen LogP contribution is -1.94. The molecule has 0 aliphatic heterocycles. The molecule has 2 aromatic rings. The Morgan fingerprint density at radius 3 is 2.80 bits per heavy atom. The maximum Gasteiger partial charge on any atom is 0.158 e. The smallest absolute Gasteiger partial charge is 0.158 e. The molecule has 0 unspecified atom stereocenters. The fourth-order valence-corrected chi connectivity index (χ4v) is 1.51. The van der Waals surface area contributed by atoms with Gasteiger partial charge in [0, 0.05) is 11.9 Å². The van der Waals surface area contributed by atoms with Crippen molar-refractivity contribution in [3.8, 4) is 11.8 Å². The first-order valence-electron chi connectivity index (χ1n) is 4.72. The summed E-state index contributed by atoms with van der Waals surface area (Å²) in [6, 6.07) is 8.24. The second-order valence-corrected chi connectivity index (χ2v) is 3.57. The highest BCUT2D eigenvalue weighted by Gasteiger charge is 2.02. The molecule has 1 heterocycles. The Morgan fingerprint density at radius 1 is 1.33 bits per heavy atom. The van der Waals surface area contributed by atoms with Crippen molar-refractivity contribution in [2.45, 2.75) is 13.8 Å². The summed E-state index contributed by atoms with van der Waals surface area (Å²) in [6.45, 7) is 4.09. The molecule has 2 rings (SSSR count). The highest BCUT2D eigenvalue weighted by atomic mass is 15.0. The Kier molecular flexibility index (Phi) is 2.26. The van der Waals surface area contributed by atoms with Crippen molar-refractivity contribution in [1.82, 2.24) is 9.55 Å². The monoisotopic (exact) mass is 197 g/mol. The molecule has 0 N–H and O–H groups in total. The van der Waals surface area contributed by atoms with Crippen LogP contribution in [-0.2, 0) is 0 Å². The summed E-state index contributed by atoms with van der Waals surface area (Å²) in [6.07, 6.45) is 3.40. The van der Waals surface area contributed by atoms with Crippen LogP contribution in [-0.4, -0.2) is 9.55 Å². The third kappa shape index (κ3) is 1.75. The number of benzene rings is 1. The first-order valence-corrected chi connectivity index (χ1v) is 4.72. The van der Waals surface area contributed by atoms with Crippen molar-refractivity contribution >= 4 is 0 Å². The zero-order valence-corrected chi connectivity index (χ0v) is 8.73. The summed E-state index contributed by atoms with van der Waals surface area (Å²) in [5.41, 5.74) is 3.88. The molecular formula is C12H11N3. The number of aromatic nitrogens is 2. The molecule has 0 amide bonds. The van der Waals surface area contributed by atoms with Crippen molar-refractivity contribution in [1.29, 1.82) is 5.26 Å². The molecule has 0 atom stereocenters. The highest BCUT2D eigenvalue weighted by Crippen LogP contribution is 2.15. The van der Waals surface area contributed by atoms with E-state index in [4.69, 9.17) is 5.26 Å². The summed E-state index contributed by atoms with van der Waals surface area (Å²) in [5.74, 6) is 0. The fourth-order valence-electron chi connectivity index (χ4n) is 1.51. The van der Waals surface area contributed by atoms with E-state index < -0.39 is 0 Å². The molecule has 0 saturated heterocycles. The minimum absolute atomic E-state index is 0.441. The lowest BCUT2D eigenvalue weighted by molar-refractivity contribution is 1.04. The molecule has 1 aromatic heterocycles. The number of hydrogen-bond donors (Lipinski definition) is 0. The summed E-state index contributed by atoms with van der Waals surface area (Å²) < 4.78 is 1.88. The molecule has 3 heteroatoms. The lowest BCUT2D eigenvalue weighted by atomic mass is 10.1. The van der Waals surface area contributed by atoms with Gasteiger partial charge in [-0.1, -0.05) is 12.1 Å². The largest absolute Gasteiger partial charge is 0.305 e. The molecule has 0 radical (unpaired) electrons. The Bertz CT molecular complexity index is 532. The van der Waals surface area contributed by atoms with Gasteiger partial charge < -0.3 is 4.57 Å². The first-order chi connectivity index (χ1) is 7.20. The van der Waals surface area contributed by atoms with Crippen molar-refractivity contribution in [3.63, 3.8) is 0 Å². The van der Waals surface area contributed by atoms with E-state index in [1.54, 1.807) is 12.5 Å². The van der Waals surface area contributed by atoms with E-state index in [1.807, 2.05) is 24.5 Å². The summed E-state index contributed by atoms with van der Waals surface area (Å²) >= 11 is 0. The van der Waals surface area contributed by atoms with Crippen LogP contribution in [0.1, 0.15) is 16.8 Å². The maximum absolute atomic E-state index is 8.70. The third-order valence-corrected chi connectivity index (χ3v) is 2.34. The molecule has 3 nitrogen and oxygen atoms in total. The standard InChI is InChI=1S/C12H11N3/c1-9-3-4-10(2)12(5-9)15-7-11(6-13)14-8-15/h3-5,7-8H,1-2H3. The van der Waals surface area contributed by atoms with Gasteiger partial charge in [0.05, 0.1) is 0 Å². The summed E-state index contributed by atoms with van der Waals surface area (Å²) in [5, 5.41) is 8.70. The molecule has 0 bridgehead atoms. The Labute approximate surface area is 88.6 Å². The molecule has 15 heavy (non-hydrogen) atoms. The van der Waals surface area contributed by atoms with Crippen LogP contribution < -0.4 is 0 Å². The van der Waals surface area contributed by atoms with E-state index in [1.165, 1.54) is 11.1 Å². The van der Waals surface area contributed by atoms with E-state index in [9.17, 15) is 0 Å². The van der Waals surface area contributed by atoms with Crippen molar-refractivity contribution in [2.24, 2.45) is 0 Å². The molecular weight excluding hydrogens is 186 g/mol. The third-order valence-electron chi connectivity index (χ3n) is 2.34.